The molecule has 1 amide bonds. The van der Waals surface area contributed by atoms with Crippen molar-refractivity contribution in [2.24, 2.45) is 0 Å². The van der Waals surface area contributed by atoms with Gasteiger partial charge in [0.05, 0.1) is 0 Å². The van der Waals surface area contributed by atoms with Crippen molar-refractivity contribution in [1.29, 1.82) is 0 Å². The van der Waals surface area contributed by atoms with Crippen LogP contribution in [0.25, 0.3) is 0 Å². The second-order valence-corrected chi connectivity index (χ2v) is 4.70. The number of carbonyl (C=O) groups is 1. The predicted molar refractivity (Wildman–Crippen MR) is 72.6 cm³/mol. The number of hydrogen-bond acceptors (Lipinski definition) is 2. The molecule has 0 atom stereocenters. The van der Waals surface area contributed by atoms with Crippen molar-refractivity contribution in [3.8, 4) is 0 Å². The Hall–Kier alpha value is -2.30. The van der Waals surface area contributed by atoms with Gasteiger partial charge in [-0.15, -0.1) is 0 Å². The fraction of sp³-hybridized carbons (Fsp3) is 0.200. The summed E-state index contributed by atoms with van der Waals surface area (Å²) in [5.41, 5.74) is 1.48. The standard InChI is InChI=1S/C15H14F2N2O/c1-9(2)11-5-3-4-6-12(11)18-15(20)10-7-13(16)19-14(17)8-10/h3-9H,1-2H3,(H,18,20). The number of benzene rings is 1. The number of halogens is 2. The van der Waals surface area contributed by atoms with Crippen LogP contribution in [0.5, 0.6) is 0 Å². The van der Waals surface area contributed by atoms with E-state index in [1.807, 2.05) is 26.0 Å². The average Bonchev–Trinajstić information content (AvgIpc) is 2.37. The molecule has 0 spiro atoms. The van der Waals surface area contributed by atoms with Crippen LogP contribution in [0.2, 0.25) is 0 Å². The third-order valence-corrected chi connectivity index (χ3v) is 2.86. The highest BCUT2D eigenvalue weighted by Gasteiger charge is 2.13. The maximum Gasteiger partial charge on any atom is 0.255 e. The summed E-state index contributed by atoms with van der Waals surface area (Å²) in [5.74, 6) is -2.39. The van der Waals surface area contributed by atoms with Crippen molar-refractivity contribution >= 4 is 11.6 Å². The van der Waals surface area contributed by atoms with Crippen LogP contribution in [0.1, 0.15) is 35.7 Å². The molecule has 0 aliphatic rings. The first-order valence-electron chi connectivity index (χ1n) is 6.20. The number of hydrogen-bond donors (Lipinski definition) is 1. The largest absolute Gasteiger partial charge is 0.322 e. The van der Waals surface area contributed by atoms with E-state index in [-0.39, 0.29) is 11.5 Å². The molecule has 2 rings (SSSR count). The zero-order valence-corrected chi connectivity index (χ0v) is 11.2. The molecule has 1 aromatic carbocycles. The van der Waals surface area contributed by atoms with Crippen LogP contribution in [0.15, 0.2) is 36.4 Å². The SMILES string of the molecule is CC(C)c1ccccc1NC(=O)c1cc(F)nc(F)c1. The molecular formula is C15H14F2N2O. The summed E-state index contributed by atoms with van der Waals surface area (Å²) >= 11 is 0. The maximum atomic E-state index is 13.0. The van der Waals surface area contributed by atoms with Crippen LogP contribution in [0.4, 0.5) is 14.5 Å². The molecule has 1 heterocycles. The summed E-state index contributed by atoms with van der Waals surface area (Å²) in [6, 6.07) is 9.11. The van der Waals surface area contributed by atoms with E-state index in [0.29, 0.717) is 5.69 Å². The topological polar surface area (TPSA) is 42.0 Å². The van der Waals surface area contributed by atoms with Crippen molar-refractivity contribution in [3.05, 3.63) is 59.4 Å². The highest BCUT2D eigenvalue weighted by atomic mass is 19.1. The molecule has 20 heavy (non-hydrogen) atoms. The highest BCUT2D eigenvalue weighted by Crippen LogP contribution is 2.24. The Balaban J connectivity index is 2.28. The van der Waals surface area contributed by atoms with E-state index in [1.165, 1.54) is 0 Å². The van der Waals surface area contributed by atoms with Crippen LogP contribution in [0.3, 0.4) is 0 Å². The van der Waals surface area contributed by atoms with Crippen molar-refractivity contribution in [2.45, 2.75) is 19.8 Å². The minimum Gasteiger partial charge on any atom is -0.322 e. The molecule has 2 aromatic rings. The molecule has 0 aliphatic carbocycles. The average molecular weight is 276 g/mol. The number of aromatic nitrogens is 1. The van der Waals surface area contributed by atoms with Gasteiger partial charge < -0.3 is 5.32 Å². The number of rotatable bonds is 3. The maximum absolute atomic E-state index is 13.0. The van der Waals surface area contributed by atoms with Gasteiger partial charge in [-0.25, -0.2) is 0 Å². The van der Waals surface area contributed by atoms with E-state index in [1.54, 1.807) is 12.1 Å². The Kier molecular flexibility index (Phi) is 4.08. The molecule has 0 radical (unpaired) electrons. The summed E-state index contributed by atoms with van der Waals surface area (Å²) in [4.78, 5) is 15.0. The zero-order chi connectivity index (χ0) is 14.7. The van der Waals surface area contributed by atoms with Crippen LogP contribution in [0, 0.1) is 11.9 Å². The van der Waals surface area contributed by atoms with Gasteiger partial charge in [-0.1, -0.05) is 32.0 Å². The molecular weight excluding hydrogens is 262 g/mol. The smallest absolute Gasteiger partial charge is 0.255 e. The Morgan fingerprint density at radius 1 is 1.15 bits per heavy atom. The molecule has 1 N–H and O–H groups in total. The first-order valence-corrected chi connectivity index (χ1v) is 6.20. The Morgan fingerprint density at radius 3 is 2.35 bits per heavy atom. The normalized spacial score (nSPS) is 10.7. The second kappa shape index (κ2) is 5.77. The number of carbonyl (C=O) groups excluding carboxylic acids is 1. The minimum absolute atomic E-state index is 0.103. The highest BCUT2D eigenvalue weighted by molar-refractivity contribution is 6.04. The third-order valence-electron chi connectivity index (χ3n) is 2.86. The van der Waals surface area contributed by atoms with E-state index in [4.69, 9.17) is 0 Å². The Bertz CT molecular complexity index is 621. The van der Waals surface area contributed by atoms with Crippen LogP contribution >= 0.6 is 0 Å². The van der Waals surface area contributed by atoms with Crippen molar-refractivity contribution in [2.75, 3.05) is 5.32 Å². The van der Waals surface area contributed by atoms with Crippen LogP contribution in [-0.2, 0) is 0 Å². The molecule has 0 saturated heterocycles. The minimum atomic E-state index is -1.02. The number of pyridine rings is 1. The lowest BCUT2D eigenvalue weighted by Crippen LogP contribution is -2.14. The van der Waals surface area contributed by atoms with Gasteiger partial charge in [0.2, 0.25) is 11.9 Å². The van der Waals surface area contributed by atoms with E-state index in [9.17, 15) is 13.6 Å². The molecule has 1 aromatic heterocycles. The van der Waals surface area contributed by atoms with Gasteiger partial charge in [-0.2, -0.15) is 13.8 Å². The summed E-state index contributed by atoms with van der Waals surface area (Å²) < 4.78 is 26.0. The molecule has 0 saturated carbocycles. The van der Waals surface area contributed by atoms with Gasteiger partial charge in [-0.3, -0.25) is 4.79 Å². The first-order chi connectivity index (χ1) is 9.47. The molecule has 0 bridgehead atoms. The lowest BCUT2D eigenvalue weighted by molar-refractivity contribution is 0.102. The first kappa shape index (κ1) is 14.1. The zero-order valence-electron chi connectivity index (χ0n) is 11.2. The number of para-hydroxylation sites is 1. The number of nitrogens with zero attached hydrogens (tertiary/aromatic N) is 1. The number of nitrogens with one attached hydrogen (secondary N) is 1. The number of anilines is 1. The van der Waals surface area contributed by atoms with E-state index in [0.717, 1.165) is 17.7 Å². The Labute approximate surface area is 115 Å². The fourth-order valence-corrected chi connectivity index (χ4v) is 1.90. The molecule has 0 aliphatic heterocycles. The van der Waals surface area contributed by atoms with Gasteiger partial charge in [0.25, 0.3) is 5.91 Å². The molecule has 3 nitrogen and oxygen atoms in total. The van der Waals surface area contributed by atoms with Gasteiger partial charge in [0, 0.05) is 23.4 Å². The van der Waals surface area contributed by atoms with Crippen LogP contribution < -0.4 is 5.32 Å². The van der Waals surface area contributed by atoms with Gasteiger partial charge in [0.15, 0.2) is 0 Å². The van der Waals surface area contributed by atoms with Crippen LogP contribution in [-0.4, -0.2) is 10.9 Å². The fourth-order valence-electron chi connectivity index (χ4n) is 1.90. The third kappa shape index (κ3) is 3.17. The van der Waals surface area contributed by atoms with Crippen molar-refractivity contribution in [1.82, 2.24) is 4.98 Å². The van der Waals surface area contributed by atoms with Gasteiger partial charge in [-0.05, 0) is 17.5 Å². The van der Waals surface area contributed by atoms with E-state index < -0.39 is 17.8 Å². The van der Waals surface area contributed by atoms with Crippen molar-refractivity contribution in [3.63, 3.8) is 0 Å². The van der Waals surface area contributed by atoms with Gasteiger partial charge >= 0.3 is 0 Å². The Morgan fingerprint density at radius 2 is 1.75 bits per heavy atom. The monoisotopic (exact) mass is 276 g/mol. The van der Waals surface area contributed by atoms with Crippen molar-refractivity contribution < 1.29 is 13.6 Å². The number of amides is 1. The predicted octanol–water partition coefficient (Wildman–Crippen LogP) is 3.74. The molecule has 5 heteroatoms. The lowest BCUT2D eigenvalue weighted by Gasteiger charge is -2.13. The molecule has 104 valence electrons. The lowest BCUT2D eigenvalue weighted by atomic mass is 10.0. The summed E-state index contributed by atoms with van der Waals surface area (Å²) in [6.45, 7) is 3.99. The van der Waals surface area contributed by atoms with Gasteiger partial charge in [0.1, 0.15) is 0 Å². The van der Waals surface area contributed by atoms with E-state index >= 15 is 0 Å². The van der Waals surface area contributed by atoms with E-state index in [2.05, 4.69) is 10.3 Å². The second-order valence-electron chi connectivity index (χ2n) is 4.70. The summed E-state index contributed by atoms with van der Waals surface area (Å²) in [7, 11) is 0. The quantitative estimate of drug-likeness (QED) is 0.868. The summed E-state index contributed by atoms with van der Waals surface area (Å²) in [6.07, 6.45) is 0. The summed E-state index contributed by atoms with van der Waals surface area (Å²) in [5, 5.41) is 2.66. The molecule has 0 fully saturated rings. The molecule has 0 unspecified atom stereocenters.